The van der Waals surface area contributed by atoms with Gasteiger partial charge in [0.05, 0.1) is 11.0 Å². The molecular formula is C23H28N4O2. The Morgan fingerprint density at radius 2 is 1.76 bits per heavy atom. The van der Waals surface area contributed by atoms with E-state index in [2.05, 4.69) is 5.32 Å². The highest BCUT2D eigenvalue weighted by Crippen LogP contribution is 2.19. The summed E-state index contributed by atoms with van der Waals surface area (Å²) in [7, 11) is 1.79. The van der Waals surface area contributed by atoms with Gasteiger partial charge in [0.2, 0.25) is 11.8 Å². The van der Waals surface area contributed by atoms with Crippen molar-refractivity contribution in [2.45, 2.75) is 33.2 Å². The van der Waals surface area contributed by atoms with Crippen LogP contribution in [0.15, 0.2) is 54.6 Å². The van der Waals surface area contributed by atoms with Crippen LogP contribution >= 0.6 is 0 Å². The summed E-state index contributed by atoms with van der Waals surface area (Å²) in [5.41, 5.74) is 2.69. The van der Waals surface area contributed by atoms with Crippen molar-refractivity contribution in [3.8, 4) is 0 Å². The maximum absolute atomic E-state index is 12.9. The number of nitrogens with zero attached hydrogens (tertiary/aromatic N) is 3. The van der Waals surface area contributed by atoms with Crippen LogP contribution in [0, 0.1) is 5.92 Å². The second-order valence-corrected chi connectivity index (χ2v) is 7.44. The van der Waals surface area contributed by atoms with Crippen LogP contribution in [0.25, 0.3) is 11.0 Å². The van der Waals surface area contributed by atoms with Gasteiger partial charge >= 0.3 is 0 Å². The predicted molar refractivity (Wildman–Crippen MR) is 116 cm³/mol. The number of fused-ring (bicyclic) bond motifs is 1. The SMILES string of the molecule is CC(C)C(=O)NCCCc1nc2ccccc2n1CC(=O)N(C)c1ccccc1. The molecule has 1 aromatic heterocycles. The molecule has 0 atom stereocenters. The summed E-state index contributed by atoms with van der Waals surface area (Å²) >= 11 is 0. The molecule has 0 saturated carbocycles. The van der Waals surface area contributed by atoms with Gasteiger partial charge in [-0.15, -0.1) is 0 Å². The van der Waals surface area contributed by atoms with Crippen LogP contribution in [-0.4, -0.2) is 35.0 Å². The zero-order valence-electron chi connectivity index (χ0n) is 17.3. The number of imidazole rings is 1. The Hall–Kier alpha value is -3.15. The lowest BCUT2D eigenvalue weighted by Crippen LogP contribution is -2.31. The van der Waals surface area contributed by atoms with Crippen molar-refractivity contribution in [1.29, 1.82) is 0 Å². The summed E-state index contributed by atoms with van der Waals surface area (Å²) in [6.45, 7) is 4.57. The van der Waals surface area contributed by atoms with E-state index >= 15 is 0 Å². The molecule has 0 bridgehead atoms. The van der Waals surface area contributed by atoms with Gasteiger partial charge in [-0.1, -0.05) is 44.2 Å². The molecule has 0 fully saturated rings. The summed E-state index contributed by atoms with van der Waals surface area (Å²) in [6, 6.07) is 17.5. The molecule has 2 aromatic carbocycles. The minimum Gasteiger partial charge on any atom is -0.356 e. The van der Waals surface area contributed by atoms with Gasteiger partial charge in [0, 0.05) is 31.6 Å². The van der Waals surface area contributed by atoms with E-state index in [0.717, 1.165) is 29.0 Å². The quantitative estimate of drug-likeness (QED) is 0.598. The first-order valence-electron chi connectivity index (χ1n) is 10.0. The number of hydrogen-bond acceptors (Lipinski definition) is 3. The van der Waals surface area contributed by atoms with E-state index in [1.54, 1.807) is 11.9 Å². The van der Waals surface area contributed by atoms with Crippen molar-refractivity contribution in [1.82, 2.24) is 14.9 Å². The van der Waals surface area contributed by atoms with Crippen LogP contribution in [-0.2, 0) is 22.6 Å². The monoisotopic (exact) mass is 392 g/mol. The molecule has 29 heavy (non-hydrogen) atoms. The third kappa shape index (κ3) is 5.02. The zero-order valence-corrected chi connectivity index (χ0v) is 17.3. The van der Waals surface area contributed by atoms with Gasteiger partial charge in [-0.05, 0) is 30.7 Å². The minimum atomic E-state index is -0.0225. The molecule has 6 nitrogen and oxygen atoms in total. The van der Waals surface area contributed by atoms with Gasteiger partial charge in [-0.25, -0.2) is 4.98 Å². The molecule has 152 valence electrons. The summed E-state index contributed by atoms with van der Waals surface area (Å²) < 4.78 is 1.99. The van der Waals surface area contributed by atoms with Crippen molar-refractivity contribution in [2.24, 2.45) is 5.92 Å². The number of likely N-dealkylation sites (N-methyl/N-ethyl adjacent to an activating group) is 1. The zero-order chi connectivity index (χ0) is 20.8. The van der Waals surface area contributed by atoms with Crippen LogP contribution in [0.3, 0.4) is 0 Å². The molecule has 3 aromatic rings. The van der Waals surface area contributed by atoms with Crippen LogP contribution < -0.4 is 10.2 Å². The number of para-hydroxylation sites is 3. The van der Waals surface area contributed by atoms with Gasteiger partial charge in [-0.3, -0.25) is 9.59 Å². The molecule has 0 spiro atoms. The molecule has 1 N–H and O–H groups in total. The highest BCUT2D eigenvalue weighted by atomic mass is 16.2. The van der Waals surface area contributed by atoms with Crippen LogP contribution in [0.1, 0.15) is 26.1 Å². The topological polar surface area (TPSA) is 67.2 Å². The largest absolute Gasteiger partial charge is 0.356 e. The first-order valence-corrected chi connectivity index (χ1v) is 10.0. The summed E-state index contributed by atoms with van der Waals surface area (Å²) in [5, 5.41) is 2.93. The van der Waals surface area contributed by atoms with E-state index in [1.807, 2.05) is 73.0 Å². The molecule has 0 aliphatic carbocycles. The first-order chi connectivity index (χ1) is 14.0. The Balaban J connectivity index is 1.74. The van der Waals surface area contributed by atoms with Crippen molar-refractivity contribution in [2.75, 3.05) is 18.5 Å². The average molecular weight is 393 g/mol. The highest BCUT2D eigenvalue weighted by molar-refractivity contribution is 5.93. The smallest absolute Gasteiger partial charge is 0.246 e. The van der Waals surface area contributed by atoms with Crippen molar-refractivity contribution in [3.05, 3.63) is 60.4 Å². The summed E-state index contributed by atoms with van der Waals surface area (Å²) in [5.74, 6) is 0.886. The van der Waals surface area contributed by atoms with Crippen LogP contribution in [0.2, 0.25) is 0 Å². The Labute approximate surface area is 171 Å². The van der Waals surface area contributed by atoms with E-state index < -0.39 is 0 Å². The fraction of sp³-hybridized carbons (Fsp3) is 0.348. The third-order valence-corrected chi connectivity index (χ3v) is 4.95. The highest BCUT2D eigenvalue weighted by Gasteiger charge is 2.17. The summed E-state index contributed by atoms with van der Waals surface area (Å²) in [4.78, 5) is 31.1. The Bertz CT molecular complexity index is 979. The number of nitrogens with one attached hydrogen (secondary N) is 1. The number of amides is 2. The second-order valence-electron chi connectivity index (χ2n) is 7.44. The lowest BCUT2D eigenvalue weighted by Gasteiger charge is -2.18. The maximum atomic E-state index is 12.9. The molecule has 1 heterocycles. The predicted octanol–water partition coefficient (Wildman–Crippen LogP) is 3.40. The van der Waals surface area contributed by atoms with Gasteiger partial charge < -0.3 is 14.8 Å². The molecule has 0 aliphatic heterocycles. The van der Waals surface area contributed by atoms with Gasteiger partial charge in [0.1, 0.15) is 12.4 Å². The Morgan fingerprint density at radius 1 is 1.07 bits per heavy atom. The maximum Gasteiger partial charge on any atom is 0.246 e. The van der Waals surface area contributed by atoms with Crippen molar-refractivity contribution >= 4 is 28.5 Å². The fourth-order valence-electron chi connectivity index (χ4n) is 3.19. The molecule has 0 saturated heterocycles. The number of aromatic nitrogens is 2. The normalized spacial score (nSPS) is 11.0. The van der Waals surface area contributed by atoms with Crippen molar-refractivity contribution < 1.29 is 9.59 Å². The van der Waals surface area contributed by atoms with Gasteiger partial charge in [-0.2, -0.15) is 0 Å². The van der Waals surface area contributed by atoms with E-state index in [1.165, 1.54) is 0 Å². The fourth-order valence-corrected chi connectivity index (χ4v) is 3.19. The van der Waals surface area contributed by atoms with E-state index in [9.17, 15) is 9.59 Å². The van der Waals surface area contributed by atoms with E-state index in [4.69, 9.17) is 4.98 Å². The number of carbonyl (C=O) groups is 2. The Morgan fingerprint density at radius 3 is 2.48 bits per heavy atom. The van der Waals surface area contributed by atoms with E-state index in [0.29, 0.717) is 13.0 Å². The molecule has 6 heteroatoms. The standard InChI is InChI=1S/C23H28N4O2/c1-17(2)23(29)24-15-9-14-21-25-19-12-7-8-13-20(19)27(21)16-22(28)26(3)18-10-5-4-6-11-18/h4-8,10-13,17H,9,14-16H2,1-3H3,(H,24,29). The first kappa shape index (κ1) is 20.6. The minimum absolute atomic E-state index is 0.00582. The molecule has 2 amide bonds. The molecule has 0 radical (unpaired) electrons. The van der Waals surface area contributed by atoms with E-state index in [-0.39, 0.29) is 24.3 Å². The number of hydrogen-bond donors (Lipinski definition) is 1. The molecule has 0 unspecified atom stereocenters. The molecule has 3 rings (SSSR count). The summed E-state index contributed by atoms with van der Waals surface area (Å²) in [6.07, 6.45) is 1.46. The van der Waals surface area contributed by atoms with Gasteiger partial charge in [0.15, 0.2) is 0 Å². The van der Waals surface area contributed by atoms with Crippen LogP contribution in [0.4, 0.5) is 5.69 Å². The second kappa shape index (κ2) is 9.37. The number of aryl methyl sites for hydroxylation is 1. The Kier molecular flexibility index (Phi) is 6.65. The average Bonchev–Trinajstić information content (AvgIpc) is 3.08. The number of benzene rings is 2. The lowest BCUT2D eigenvalue weighted by atomic mass is 10.2. The van der Waals surface area contributed by atoms with Crippen LogP contribution in [0.5, 0.6) is 0 Å². The third-order valence-electron chi connectivity index (χ3n) is 4.95. The number of anilines is 1. The molecule has 0 aliphatic rings. The number of rotatable bonds is 8. The number of carbonyl (C=O) groups excluding carboxylic acids is 2. The lowest BCUT2D eigenvalue weighted by molar-refractivity contribution is -0.124. The van der Waals surface area contributed by atoms with Gasteiger partial charge in [0.25, 0.3) is 0 Å². The molecular weight excluding hydrogens is 364 g/mol. The van der Waals surface area contributed by atoms with Crippen molar-refractivity contribution in [3.63, 3.8) is 0 Å².